The van der Waals surface area contributed by atoms with Gasteiger partial charge in [0.05, 0.1) is 0 Å². The molecule has 0 spiro atoms. The molecule has 1 aromatic heterocycles. The highest BCUT2D eigenvalue weighted by atomic mass is 32.1. The van der Waals surface area contributed by atoms with Crippen LogP contribution in [0.15, 0.2) is 12.1 Å². The van der Waals surface area contributed by atoms with E-state index in [9.17, 15) is 0 Å². The topological polar surface area (TPSA) is 15.3 Å². The van der Waals surface area contributed by atoms with E-state index >= 15 is 0 Å². The number of thiophene rings is 1. The van der Waals surface area contributed by atoms with Crippen molar-refractivity contribution in [2.24, 2.45) is 5.92 Å². The summed E-state index contributed by atoms with van der Waals surface area (Å²) >= 11 is 2.00. The third kappa shape index (κ3) is 3.21. The number of rotatable bonds is 5. The van der Waals surface area contributed by atoms with Crippen molar-refractivity contribution in [1.82, 2.24) is 10.2 Å². The molecule has 1 N–H and O–H groups in total. The van der Waals surface area contributed by atoms with E-state index in [1.807, 2.05) is 11.3 Å². The van der Waals surface area contributed by atoms with E-state index in [4.69, 9.17) is 0 Å². The van der Waals surface area contributed by atoms with Crippen LogP contribution < -0.4 is 5.32 Å². The lowest BCUT2D eigenvalue weighted by atomic mass is 10.0. The molecule has 19 heavy (non-hydrogen) atoms. The highest BCUT2D eigenvalue weighted by Crippen LogP contribution is 2.35. The predicted octanol–water partition coefficient (Wildman–Crippen LogP) is 3.27. The molecule has 1 saturated heterocycles. The third-order valence-corrected chi connectivity index (χ3v) is 5.86. The molecule has 1 aromatic rings. The molecular weight excluding hydrogens is 252 g/mol. The minimum atomic E-state index is 0.724. The molecule has 0 aromatic carbocycles. The summed E-state index contributed by atoms with van der Waals surface area (Å²) in [4.78, 5) is 5.80. The predicted molar refractivity (Wildman–Crippen MR) is 82.7 cm³/mol. The van der Waals surface area contributed by atoms with Gasteiger partial charge in [0.1, 0.15) is 0 Å². The molecule has 2 aliphatic rings. The second-order valence-corrected chi connectivity index (χ2v) is 7.32. The van der Waals surface area contributed by atoms with Crippen molar-refractivity contribution < 1.29 is 0 Å². The van der Waals surface area contributed by atoms with Gasteiger partial charge >= 0.3 is 0 Å². The Balaban J connectivity index is 1.64. The second-order valence-electron chi connectivity index (χ2n) is 6.07. The molecule has 1 aliphatic carbocycles. The molecule has 1 aliphatic heterocycles. The Hall–Kier alpha value is -0.380. The Bertz CT molecular complexity index is 411. The Kier molecular flexibility index (Phi) is 4.25. The smallest absolute Gasteiger partial charge is 0.0332 e. The molecular formula is C16H26N2S. The summed E-state index contributed by atoms with van der Waals surface area (Å²) in [7, 11) is 0. The molecule has 2 unspecified atom stereocenters. The maximum Gasteiger partial charge on any atom is 0.0332 e. The van der Waals surface area contributed by atoms with Crippen LogP contribution in [0, 0.1) is 5.92 Å². The number of aryl methyl sites for hydroxylation is 1. The highest BCUT2D eigenvalue weighted by molar-refractivity contribution is 7.11. The van der Waals surface area contributed by atoms with Crippen molar-refractivity contribution in [3.63, 3.8) is 0 Å². The Labute approximate surface area is 121 Å². The largest absolute Gasteiger partial charge is 0.311 e. The lowest BCUT2D eigenvalue weighted by Crippen LogP contribution is -2.56. The first-order valence-electron chi connectivity index (χ1n) is 7.85. The summed E-state index contributed by atoms with van der Waals surface area (Å²) in [5.41, 5.74) is 0. The first kappa shape index (κ1) is 13.6. The Morgan fingerprint density at radius 1 is 1.26 bits per heavy atom. The van der Waals surface area contributed by atoms with Gasteiger partial charge in [-0.3, -0.25) is 4.90 Å². The fraction of sp³-hybridized carbons (Fsp3) is 0.750. The second kappa shape index (κ2) is 5.94. The van der Waals surface area contributed by atoms with Crippen molar-refractivity contribution in [3.8, 4) is 0 Å². The van der Waals surface area contributed by atoms with Crippen molar-refractivity contribution in [3.05, 3.63) is 21.9 Å². The molecule has 2 atom stereocenters. The Morgan fingerprint density at radius 3 is 2.68 bits per heavy atom. The maximum absolute atomic E-state index is 3.78. The quantitative estimate of drug-likeness (QED) is 0.889. The van der Waals surface area contributed by atoms with Crippen LogP contribution in [-0.2, 0) is 13.0 Å². The van der Waals surface area contributed by atoms with Gasteiger partial charge in [-0.15, -0.1) is 11.3 Å². The lowest BCUT2D eigenvalue weighted by Gasteiger charge is -2.40. The van der Waals surface area contributed by atoms with Crippen LogP contribution in [0.2, 0.25) is 0 Å². The molecule has 3 heteroatoms. The molecule has 2 heterocycles. The monoisotopic (exact) mass is 278 g/mol. The van der Waals surface area contributed by atoms with E-state index in [0.717, 1.165) is 24.5 Å². The zero-order valence-corrected chi connectivity index (χ0v) is 13.0. The van der Waals surface area contributed by atoms with Gasteiger partial charge in [-0.05, 0) is 43.7 Å². The van der Waals surface area contributed by atoms with Gasteiger partial charge in [0.25, 0.3) is 0 Å². The van der Waals surface area contributed by atoms with Crippen LogP contribution in [-0.4, -0.2) is 30.1 Å². The van der Waals surface area contributed by atoms with Gasteiger partial charge < -0.3 is 5.32 Å². The minimum absolute atomic E-state index is 0.724. The van der Waals surface area contributed by atoms with Crippen molar-refractivity contribution in [2.75, 3.05) is 13.1 Å². The standard InChI is InChI=1S/C16H26N2S/c1-3-13-9-17-16(12-5-6-12)11-18(13)10-15-8-7-14(4-2)19-15/h7-8,12-13,16-17H,3-6,9-11H2,1-2H3. The first-order valence-corrected chi connectivity index (χ1v) is 8.66. The van der Waals surface area contributed by atoms with Crippen LogP contribution in [0.25, 0.3) is 0 Å². The van der Waals surface area contributed by atoms with E-state index in [2.05, 4.69) is 36.2 Å². The summed E-state index contributed by atoms with van der Waals surface area (Å²) in [6, 6.07) is 6.13. The lowest BCUT2D eigenvalue weighted by molar-refractivity contribution is 0.113. The molecule has 3 rings (SSSR count). The van der Waals surface area contributed by atoms with E-state index in [1.165, 1.54) is 43.6 Å². The van der Waals surface area contributed by atoms with Gasteiger partial charge in [0.2, 0.25) is 0 Å². The van der Waals surface area contributed by atoms with Crippen LogP contribution in [0.5, 0.6) is 0 Å². The minimum Gasteiger partial charge on any atom is -0.311 e. The zero-order valence-electron chi connectivity index (χ0n) is 12.2. The average molecular weight is 278 g/mol. The SMILES string of the molecule is CCc1ccc(CN2CC(C3CC3)NCC2CC)s1. The van der Waals surface area contributed by atoms with Gasteiger partial charge in [-0.2, -0.15) is 0 Å². The fourth-order valence-electron chi connectivity index (χ4n) is 3.19. The zero-order chi connectivity index (χ0) is 13.2. The number of nitrogens with one attached hydrogen (secondary N) is 1. The number of piperazine rings is 1. The number of hydrogen-bond donors (Lipinski definition) is 1. The highest BCUT2D eigenvalue weighted by Gasteiger charge is 2.36. The van der Waals surface area contributed by atoms with Crippen molar-refractivity contribution in [2.45, 2.75) is 58.2 Å². The van der Waals surface area contributed by atoms with Gasteiger partial charge in [-0.25, -0.2) is 0 Å². The summed E-state index contributed by atoms with van der Waals surface area (Å²) in [6.07, 6.45) is 5.33. The van der Waals surface area contributed by atoms with E-state index in [0.29, 0.717) is 0 Å². The number of nitrogens with zero attached hydrogens (tertiary/aromatic N) is 1. The molecule has 1 saturated carbocycles. The third-order valence-electron chi connectivity index (χ3n) is 4.65. The normalized spacial score (nSPS) is 28.7. The molecule has 2 nitrogen and oxygen atoms in total. The molecule has 0 bridgehead atoms. The van der Waals surface area contributed by atoms with Gasteiger partial charge in [0, 0.05) is 41.5 Å². The first-order chi connectivity index (χ1) is 9.30. The molecule has 0 radical (unpaired) electrons. The molecule has 0 amide bonds. The van der Waals surface area contributed by atoms with Crippen molar-refractivity contribution >= 4 is 11.3 Å². The maximum atomic E-state index is 3.78. The summed E-state index contributed by atoms with van der Waals surface area (Å²) in [5.74, 6) is 0.967. The van der Waals surface area contributed by atoms with E-state index < -0.39 is 0 Å². The van der Waals surface area contributed by atoms with E-state index in [-0.39, 0.29) is 0 Å². The average Bonchev–Trinajstić information content (AvgIpc) is 3.19. The van der Waals surface area contributed by atoms with Crippen LogP contribution in [0.1, 0.15) is 42.9 Å². The number of hydrogen-bond acceptors (Lipinski definition) is 3. The molecule has 2 fully saturated rings. The van der Waals surface area contributed by atoms with Crippen molar-refractivity contribution in [1.29, 1.82) is 0 Å². The summed E-state index contributed by atoms with van der Waals surface area (Å²) in [6.45, 7) is 8.17. The fourth-order valence-corrected chi connectivity index (χ4v) is 4.17. The van der Waals surface area contributed by atoms with Gasteiger partial charge in [-0.1, -0.05) is 13.8 Å². The van der Waals surface area contributed by atoms with E-state index in [1.54, 1.807) is 4.88 Å². The van der Waals surface area contributed by atoms with Crippen LogP contribution >= 0.6 is 11.3 Å². The van der Waals surface area contributed by atoms with Crippen LogP contribution in [0.3, 0.4) is 0 Å². The molecule has 106 valence electrons. The van der Waals surface area contributed by atoms with Crippen LogP contribution in [0.4, 0.5) is 0 Å². The van der Waals surface area contributed by atoms with Gasteiger partial charge in [0.15, 0.2) is 0 Å². The Morgan fingerprint density at radius 2 is 2.05 bits per heavy atom. The summed E-state index contributed by atoms with van der Waals surface area (Å²) < 4.78 is 0. The summed E-state index contributed by atoms with van der Waals surface area (Å²) in [5, 5.41) is 3.78.